The number of hydrogen-bond donors (Lipinski definition) is 1. The van der Waals surface area contributed by atoms with Gasteiger partial charge in [0.25, 0.3) is 0 Å². The summed E-state index contributed by atoms with van der Waals surface area (Å²) in [5.74, 6) is 0.933. The number of rotatable bonds is 9. The smallest absolute Gasteiger partial charge is 0.119 e. The lowest BCUT2D eigenvalue weighted by molar-refractivity contribution is 0.144. The van der Waals surface area contributed by atoms with Gasteiger partial charge in [-0.25, -0.2) is 0 Å². The summed E-state index contributed by atoms with van der Waals surface area (Å²) in [6.45, 7) is 10.9. The Labute approximate surface area is 117 Å². The van der Waals surface area contributed by atoms with Gasteiger partial charge in [-0.05, 0) is 58.4 Å². The van der Waals surface area contributed by atoms with Crippen LogP contribution in [0.5, 0.6) is 5.75 Å². The molecular formula is C16H27NO2. The maximum absolute atomic E-state index is 5.64. The van der Waals surface area contributed by atoms with E-state index in [1.165, 1.54) is 5.56 Å². The monoisotopic (exact) mass is 265 g/mol. The van der Waals surface area contributed by atoms with E-state index in [1.807, 2.05) is 32.9 Å². The van der Waals surface area contributed by atoms with Gasteiger partial charge in [0.05, 0.1) is 6.10 Å². The van der Waals surface area contributed by atoms with Crippen LogP contribution in [0, 0.1) is 0 Å². The van der Waals surface area contributed by atoms with Crippen molar-refractivity contribution in [2.24, 2.45) is 0 Å². The summed E-state index contributed by atoms with van der Waals surface area (Å²) in [4.78, 5) is 0. The zero-order valence-corrected chi connectivity index (χ0v) is 12.6. The van der Waals surface area contributed by atoms with Crippen molar-refractivity contribution >= 4 is 0 Å². The lowest BCUT2D eigenvalue weighted by atomic mass is 10.1. The minimum absolute atomic E-state index is 0.222. The van der Waals surface area contributed by atoms with Gasteiger partial charge in [-0.1, -0.05) is 12.1 Å². The third-order valence-corrected chi connectivity index (χ3v) is 2.87. The Morgan fingerprint density at radius 2 is 1.79 bits per heavy atom. The molecule has 1 atom stereocenters. The topological polar surface area (TPSA) is 30.5 Å². The molecule has 1 N–H and O–H groups in total. The molecule has 3 heteroatoms. The van der Waals surface area contributed by atoms with Gasteiger partial charge in [-0.2, -0.15) is 0 Å². The molecule has 1 rings (SSSR count). The van der Waals surface area contributed by atoms with Crippen LogP contribution in [0.3, 0.4) is 0 Å². The molecule has 1 aromatic rings. The van der Waals surface area contributed by atoms with E-state index in [0.717, 1.165) is 31.9 Å². The summed E-state index contributed by atoms with van der Waals surface area (Å²) in [6, 6.07) is 8.67. The molecular weight excluding hydrogens is 238 g/mol. The third-order valence-electron chi connectivity index (χ3n) is 2.87. The lowest BCUT2D eigenvalue weighted by Crippen LogP contribution is -2.21. The number of hydrogen-bond acceptors (Lipinski definition) is 3. The molecule has 108 valence electrons. The Balaban J connectivity index is 2.33. The molecule has 0 radical (unpaired) electrons. The first-order chi connectivity index (χ1) is 9.13. The first-order valence-electron chi connectivity index (χ1n) is 7.21. The van der Waals surface area contributed by atoms with Gasteiger partial charge in [0, 0.05) is 19.3 Å². The highest BCUT2D eigenvalue weighted by molar-refractivity contribution is 5.29. The average Bonchev–Trinajstić information content (AvgIpc) is 2.38. The number of ether oxygens (including phenoxy) is 2. The average molecular weight is 265 g/mol. The fourth-order valence-corrected chi connectivity index (χ4v) is 1.86. The van der Waals surface area contributed by atoms with Crippen molar-refractivity contribution in [3.05, 3.63) is 29.8 Å². The summed E-state index contributed by atoms with van der Waals surface area (Å²) in [5, 5.41) is 3.50. The van der Waals surface area contributed by atoms with Gasteiger partial charge in [-0.15, -0.1) is 0 Å². The molecule has 1 aromatic carbocycles. The van der Waals surface area contributed by atoms with Crippen LogP contribution in [-0.2, 0) is 4.74 Å². The predicted molar refractivity (Wildman–Crippen MR) is 79.7 cm³/mol. The first-order valence-corrected chi connectivity index (χ1v) is 7.21. The molecule has 0 fully saturated rings. The van der Waals surface area contributed by atoms with E-state index < -0.39 is 0 Å². The molecule has 19 heavy (non-hydrogen) atoms. The highest BCUT2D eigenvalue weighted by atomic mass is 16.5. The number of benzene rings is 1. The maximum atomic E-state index is 5.64. The van der Waals surface area contributed by atoms with Crippen molar-refractivity contribution in [3.63, 3.8) is 0 Å². The van der Waals surface area contributed by atoms with Crippen molar-refractivity contribution in [2.45, 2.75) is 46.3 Å². The SMILES string of the molecule is CCOCCCNC(C)c1ccc(OC(C)C)cc1. The van der Waals surface area contributed by atoms with E-state index in [9.17, 15) is 0 Å². The highest BCUT2D eigenvalue weighted by Gasteiger charge is 2.05. The van der Waals surface area contributed by atoms with Gasteiger partial charge < -0.3 is 14.8 Å². The van der Waals surface area contributed by atoms with Crippen LogP contribution in [0.1, 0.15) is 45.7 Å². The van der Waals surface area contributed by atoms with Crippen molar-refractivity contribution in [1.29, 1.82) is 0 Å². The van der Waals surface area contributed by atoms with E-state index in [1.54, 1.807) is 0 Å². The minimum Gasteiger partial charge on any atom is -0.491 e. The largest absolute Gasteiger partial charge is 0.491 e. The summed E-state index contributed by atoms with van der Waals surface area (Å²) < 4.78 is 11.0. The van der Waals surface area contributed by atoms with Gasteiger partial charge in [0.1, 0.15) is 5.75 Å². The molecule has 1 unspecified atom stereocenters. The second-order valence-electron chi connectivity index (χ2n) is 4.96. The second kappa shape index (κ2) is 8.94. The molecule has 0 aliphatic heterocycles. The molecule has 0 spiro atoms. The summed E-state index contributed by atoms with van der Waals surface area (Å²) >= 11 is 0. The molecule has 0 amide bonds. The van der Waals surface area contributed by atoms with Crippen LogP contribution in [-0.4, -0.2) is 25.9 Å². The van der Waals surface area contributed by atoms with Gasteiger partial charge in [-0.3, -0.25) is 0 Å². The van der Waals surface area contributed by atoms with E-state index in [0.29, 0.717) is 6.04 Å². The normalized spacial score (nSPS) is 12.7. The minimum atomic E-state index is 0.222. The predicted octanol–water partition coefficient (Wildman–Crippen LogP) is 3.55. The van der Waals surface area contributed by atoms with E-state index in [2.05, 4.69) is 24.4 Å². The molecule has 0 aliphatic rings. The summed E-state index contributed by atoms with van der Waals surface area (Å²) in [6.07, 6.45) is 1.27. The van der Waals surface area contributed by atoms with E-state index >= 15 is 0 Å². The maximum Gasteiger partial charge on any atom is 0.119 e. The van der Waals surface area contributed by atoms with Crippen LogP contribution in [0.25, 0.3) is 0 Å². The molecule has 0 aromatic heterocycles. The molecule has 0 bridgehead atoms. The second-order valence-corrected chi connectivity index (χ2v) is 4.96. The number of nitrogens with one attached hydrogen (secondary N) is 1. The Morgan fingerprint density at radius 1 is 1.11 bits per heavy atom. The molecule has 0 aliphatic carbocycles. The third kappa shape index (κ3) is 6.60. The first kappa shape index (κ1) is 16.0. The zero-order chi connectivity index (χ0) is 14.1. The van der Waals surface area contributed by atoms with Crippen LogP contribution >= 0.6 is 0 Å². The summed E-state index contributed by atoms with van der Waals surface area (Å²) in [5.41, 5.74) is 1.28. The fourth-order valence-electron chi connectivity index (χ4n) is 1.86. The molecule has 3 nitrogen and oxygen atoms in total. The Bertz CT molecular complexity index is 335. The van der Waals surface area contributed by atoms with E-state index in [-0.39, 0.29) is 6.10 Å². The van der Waals surface area contributed by atoms with Crippen molar-refractivity contribution in [3.8, 4) is 5.75 Å². The van der Waals surface area contributed by atoms with Crippen LogP contribution in [0.2, 0.25) is 0 Å². The molecule has 0 heterocycles. The highest BCUT2D eigenvalue weighted by Crippen LogP contribution is 2.18. The van der Waals surface area contributed by atoms with Crippen LogP contribution < -0.4 is 10.1 Å². The van der Waals surface area contributed by atoms with Crippen molar-refractivity contribution in [1.82, 2.24) is 5.32 Å². The molecule has 0 saturated carbocycles. The summed E-state index contributed by atoms with van der Waals surface area (Å²) in [7, 11) is 0. The van der Waals surface area contributed by atoms with Crippen LogP contribution in [0.15, 0.2) is 24.3 Å². The standard InChI is InChI=1S/C16H27NO2/c1-5-18-12-6-11-17-14(4)15-7-9-16(10-8-15)19-13(2)3/h7-10,13-14,17H,5-6,11-12H2,1-4H3. The quantitative estimate of drug-likeness (QED) is 0.693. The van der Waals surface area contributed by atoms with Crippen LogP contribution in [0.4, 0.5) is 0 Å². The van der Waals surface area contributed by atoms with Gasteiger partial charge in [0.15, 0.2) is 0 Å². The zero-order valence-electron chi connectivity index (χ0n) is 12.6. The lowest BCUT2D eigenvalue weighted by Gasteiger charge is -2.15. The van der Waals surface area contributed by atoms with E-state index in [4.69, 9.17) is 9.47 Å². The fraction of sp³-hybridized carbons (Fsp3) is 0.625. The Kier molecular flexibility index (Phi) is 7.53. The van der Waals surface area contributed by atoms with Gasteiger partial charge >= 0.3 is 0 Å². The van der Waals surface area contributed by atoms with Crippen molar-refractivity contribution < 1.29 is 9.47 Å². The van der Waals surface area contributed by atoms with Gasteiger partial charge in [0.2, 0.25) is 0 Å². The Morgan fingerprint density at radius 3 is 2.37 bits per heavy atom. The molecule has 0 saturated heterocycles. The van der Waals surface area contributed by atoms with Crippen molar-refractivity contribution in [2.75, 3.05) is 19.8 Å². The Hall–Kier alpha value is -1.06.